The van der Waals surface area contributed by atoms with E-state index < -0.39 is 47.3 Å². The van der Waals surface area contributed by atoms with Crippen molar-refractivity contribution in [3.05, 3.63) is 246 Å². The predicted octanol–water partition coefficient (Wildman–Crippen LogP) is 15.7. The third-order valence-electron chi connectivity index (χ3n) is 20.0. The molecule has 0 unspecified atom stereocenters. The molecule has 0 spiro atoms. The number of ketones is 1. The van der Waals surface area contributed by atoms with E-state index in [4.69, 9.17) is 27.5 Å². The van der Waals surface area contributed by atoms with Crippen LogP contribution in [-0.2, 0) is 39.1 Å². The van der Waals surface area contributed by atoms with Gasteiger partial charge in [-0.25, -0.2) is 18.7 Å². The van der Waals surface area contributed by atoms with E-state index in [2.05, 4.69) is 54.7 Å². The van der Waals surface area contributed by atoms with Crippen LogP contribution in [0.3, 0.4) is 0 Å². The first-order chi connectivity index (χ1) is 52.8. The number of aliphatic hydroxyl groups is 1. The number of hydrogen-bond acceptors (Lipinski definition) is 17. The third kappa shape index (κ3) is 20.1. The Morgan fingerprint density at radius 1 is 0.821 bits per heavy atom. The van der Waals surface area contributed by atoms with Gasteiger partial charge in [0.2, 0.25) is 11.8 Å². The Hall–Kier alpha value is -10.4. The van der Waals surface area contributed by atoms with E-state index >= 15 is 0 Å². The number of amides is 5. The predicted molar refractivity (Wildman–Crippen MR) is 430 cm³/mol. The van der Waals surface area contributed by atoms with Gasteiger partial charge in [0.25, 0.3) is 17.1 Å². The minimum atomic E-state index is -4.44. The van der Waals surface area contributed by atoms with Crippen LogP contribution in [0.2, 0.25) is 5.02 Å². The molecule has 9 heterocycles. The summed E-state index contributed by atoms with van der Waals surface area (Å²) < 4.78 is 75.0. The summed E-state index contributed by atoms with van der Waals surface area (Å²) in [7, 11) is 2.10. The molecular weight excluding hydrogens is 1500 g/mol. The van der Waals surface area contributed by atoms with Gasteiger partial charge in [0, 0.05) is 104 Å². The summed E-state index contributed by atoms with van der Waals surface area (Å²) in [5.41, 5.74) is 20.6. The Morgan fingerprint density at radius 2 is 1.57 bits per heavy atom. The summed E-state index contributed by atoms with van der Waals surface area (Å²) >= 11 is 8.41. The molecule has 4 saturated heterocycles. The summed E-state index contributed by atoms with van der Waals surface area (Å²) in [6.45, 7) is 18.8. The van der Waals surface area contributed by atoms with Crippen LogP contribution in [0.4, 0.5) is 32.4 Å². The summed E-state index contributed by atoms with van der Waals surface area (Å²) in [4.78, 5) is 98.3. The molecule has 586 valence electrons. The number of alkyl halides is 3. The number of allylic oxidation sites excluding steroid dienone is 2. The van der Waals surface area contributed by atoms with Gasteiger partial charge in [-0.05, 0) is 210 Å². The van der Waals surface area contributed by atoms with Gasteiger partial charge in [0.1, 0.15) is 45.3 Å². The van der Waals surface area contributed by atoms with Gasteiger partial charge < -0.3 is 40.6 Å². The monoisotopic (exact) mass is 1590 g/mol. The minimum Gasteiger partial charge on any atom is -0.457 e. The number of aryl methyl sites for hydroxylation is 3. The number of primary amides is 1. The fraction of sp³-hybridized carbons (Fsp3) is 0.318. The molecule has 6 N–H and O–H groups in total. The molecular formula is C85H89ClF5N11O8S2. The molecule has 0 bridgehead atoms. The van der Waals surface area contributed by atoms with E-state index in [0.717, 1.165) is 134 Å². The summed E-state index contributed by atoms with van der Waals surface area (Å²) in [5, 5.41) is 13.3. The van der Waals surface area contributed by atoms with Crippen molar-refractivity contribution in [1.82, 2.24) is 40.0 Å². The molecule has 0 saturated carbocycles. The van der Waals surface area contributed by atoms with Crippen molar-refractivity contribution in [2.75, 3.05) is 57.8 Å². The number of piperidine rings is 1. The molecule has 9 aromatic rings. The number of anilines is 1. The van der Waals surface area contributed by atoms with E-state index in [1.54, 1.807) is 50.5 Å². The molecule has 0 radical (unpaired) electrons. The number of thioether (sulfide) groups is 1. The maximum atomic E-state index is 14.3. The maximum absolute atomic E-state index is 14.3. The quantitative estimate of drug-likeness (QED) is 0.0448. The van der Waals surface area contributed by atoms with Crippen LogP contribution in [0.25, 0.3) is 50.7 Å². The summed E-state index contributed by atoms with van der Waals surface area (Å²) in [6.07, 6.45) is 6.47. The molecule has 5 aromatic heterocycles. The Morgan fingerprint density at radius 3 is 2.29 bits per heavy atom. The fourth-order valence-corrected chi connectivity index (χ4v) is 15.6. The molecule has 27 heteroatoms. The van der Waals surface area contributed by atoms with Crippen molar-refractivity contribution >= 4 is 92.8 Å². The molecule has 14 rings (SSSR count). The number of imide groups is 1. The van der Waals surface area contributed by atoms with Gasteiger partial charge in [0.05, 0.1) is 45.0 Å². The van der Waals surface area contributed by atoms with Gasteiger partial charge in [-0.2, -0.15) is 13.2 Å². The number of nitrogens with one attached hydrogen (secondary N) is 1. The molecule has 4 aromatic carbocycles. The van der Waals surface area contributed by atoms with Crippen LogP contribution in [-0.4, -0.2) is 152 Å². The molecule has 5 aliphatic rings. The number of benzene rings is 4. The standard InChI is InChI=1S/C28H27ClN2O2.C25H26F2N4O2.C20H23F3N4O2S.C11H9NO2S.CH4/c1-19-15-20-7-8-23(29)17-26(20)25(19)18-24-9-10-27(33-24)21-5-3-6-22(16-21)28(32)31-12-4-11-30(2)13-14-31;1-14-6-7-20(30-24(14)23-17(26)4-3-5-18(23)27)22(32)10-16-11-29-9-8-21(16)31-12-15(2)25(33)19(28)13-31;1-11-17(12-6-7-25-14(9-12)19(2,3)20(21,22)23)30-15(26-11)10-16(28)27-8-4-5-13(27)18(24)29;1-7-3-2-4-8(5-7)6-9-10(13)12-11(14)15-9;/h3,5-10,16-18H,1,4,11-15H2,2H3;3-9,11,15,19,25,33H,10,12-13,28H2,1-2H3;6-7,9,13H,4-5,8,10H2,1-3H3,(H2,24,29);2-6H,1H3,(H,12,13,14);1H4/b25-18-;;;9-6-;/t;15-,19+,25+;13-;;/m.00../s1. The van der Waals surface area contributed by atoms with Gasteiger partial charge in [0.15, 0.2) is 5.78 Å². The number of rotatable bonds is 14. The first-order valence-electron chi connectivity index (χ1n) is 36.1. The lowest BCUT2D eigenvalue weighted by atomic mass is 9.87. The highest BCUT2D eigenvalue weighted by Crippen LogP contribution is 2.43. The highest BCUT2D eigenvalue weighted by Gasteiger charge is 2.50. The lowest BCUT2D eigenvalue weighted by molar-refractivity contribution is -0.181. The van der Waals surface area contributed by atoms with Crippen LogP contribution in [0.1, 0.15) is 124 Å². The number of fused-ring (bicyclic) bond motifs is 1. The highest BCUT2D eigenvalue weighted by molar-refractivity contribution is 8.18. The van der Waals surface area contributed by atoms with Crippen molar-refractivity contribution in [2.24, 2.45) is 17.4 Å². The largest absolute Gasteiger partial charge is 0.457 e. The molecule has 19 nitrogen and oxygen atoms in total. The van der Waals surface area contributed by atoms with Crippen LogP contribution in [0, 0.1) is 38.3 Å². The zero-order valence-corrected chi connectivity index (χ0v) is 64.7. The number of hydrogen-bond donors (Lipinski definition) is 4. The van der Waals surface area contributed by atoms with E-state index in [9.17, 15) is 55.8 Å². The molecule has 4 fully saturated rings. The van der Waals surface area contributed by atoms with Crippen LogP contribution in [0.5, 0.6) is 0 Å². The molecule has 112 heavy (non-hydrogen) atoms. The number of pyridine rings is 3. The number of aromatic nitrogens is 4. The normalized spacial score (nSPS) is 18.5. The van der Waals surface area contributed by atoms with Crippen molar-refractivity contribution in [3.63, 3.8) is 0 Å². The third-order valence-corrected chi connectivity index (χ3v) is 22.2. The fourth-order valence-electron chi connectivity index (χ4n) is 13.7. The molecule has 5 amide bonds. The van der Waals surface area contributed by atoms with Crippen molar-refractivity contribution in [2.45, 2.75) is 117 Å². The Bertz CT molecular complexity index is 5070. The zero-order valence-electron chi connectivity index (χ0n) is 62.3. The lowest BCUT2D eigenvalue weighted by Crippen LogP contribution is -2.55. The van der Waals surface area contributed by atoms with E-state index in [1.165, 1.54) is 40.1 Å². The first kappa shape index (κ1) is 84.1. The Kier molecular flexibility index (Phi) is 27.4. The Labute approximate surface area is 661 Å². The maximum Gasteiger partial charge on any atom is 0.399 e. The number of carbonyl (C=O) groups excluding carboxylic acids is 6. The molecule has 4 aliphatic heterocycles. The van der Waals surface area contributed by atoms with Gasteiger partial charge in [-0.3, -0.25) is 44.1 Å². The van der Waals surface area contributed by atoms with E-state index in [1.807, 2.05) is 104 Å². The number of nitrogens with zero attached hydrogens (tertiary/aromatic N) is 8. The zero-order chi connectivity index (χ0) is 79.8. The number of aliphatic hydroxyl groups excluding tert-OH is 1. The van der Waals surface area contributed by atoms with Gasteiger partial charge in [-0.1, -0.05) is 92.7 Å². The number of Topliss-reactive ketones (excluding diaryl/α,β-unsaturated/α-hetero) is 1. The smallest absolute Gasteiger partial charge is 0.399 e. The van der Waals surface area contributed by atoms with Gasteiger partial charge >= 0.3 is 6.18 Å². The molecule has 1 aliphatic carbocycles. The average molecular weight is 1590 g/mol. The molecule has 4 atom stereocenters. The summed E-state index contributed by atoms with van der Waals surface area (Å²) in [6, 6.07) is 36.0. The van der Waals surface area contributed by atoms with E-state index in [0.29, 0.717) is 73.8 Å². The topological polar surface area (TPSA) is 264 Å². The second kappa shape index (κ2) is 36.4. The lowest BCUT2D eigenvalue weighted by Gasteiger charge is -2.40. The second-order valence-electron chi connectivity index (χ2n) is 28.6. The summed E-state index contributed by atoms with van der Waals surface area (Å²) in [5.74, 6) is -1.28. The second-order valence-corrected chi connectivity index (χ2v) is 31.2. The van der Waals surface area contributed by atoms with Crippen LogP contribution >= 0.6 is 34.7 Å². The number of carbonyl (C=O) groups is 6. The number of furan rings is 1. The average Bonchev–Trinajstić information content (AvgIpc) is 1.00. The van der Waals surface area contributed by atoms with Crippen LogP contribution < -0.4 is 21.7 Å². The number of nitrogens with two attached hydrogens (primary N) is 2. The SMILES string of the molecule is C.C=C1Cc2ccc(Cl)cc2/C1=C\c1ccc(-c2cccc(C(=O)N3CCCN(C)CC3)c2)o1.Cc1ccc(C(=O)Cc2cnccc2N2C[C@@H](N)[C@H](O)[C@@H](C)C2)nc1-c1c(F)cccc1F.Cc1cccc(/C=C2\SC(=O)NC2=O)c1.Cc1nc(CC(=O)N2CCC[C@H]2C(N)=O)sc1-c1ccnc(C(C)(C)C(F)(F)F)c1. The number of thiazole rings is 1. The number of likely N-dealkylation sites (N-methyl/N-ethyl adjacent to an activating group) is 1. The Balaban J connectivity index is 0.000000163. The van der Waals surface area contributed by atoms with Crippen molar-refractivity contribution in [1.29, 1.82) is 0 Å². The van der Waals surface area contributed by atoms with E-state index in [-0.39, 0.29) is 77.6 Å². The first-order valence-corrected chi connectivity index (χ1v) is 38.2. The minimum absolute atomic E-state index is 0. The van der Waals surface area contributed by atoms with Crippen LogP contribution in [0.15, 0.2) is 167 Å². The van der Waals surface area contributed by atoms with Crippen molar-refractivity contribution in [3.8, 4) is 33.0 Å². The van der Waals surface area contributed by atoms with Gasteiger partial charge in [-0.15, -0.1) is 11.3 Å². The highest BCUT2D eigenvalue weighted by atomic mass is 35.5. The number of likely N-dealkylation sites (tertiary alicyclic amines) is 1. The number of halogens is 6. The van der Waals surface area contributed by atoms with Crippen molar-refractivity contribution < 1.29 is 60.2 Å².